The molecule has 38 heavy (non-hydrogen) atoms. The maximum Gasteiger partial charge on any atom is 0.303 e. The average molecular weight is 508 g/mol. The highest BCUT2D eigenvalue weighted by Gasteiger charge is 2.35. The minimum Gasteiger partial charge on any atom is -0.497 e. The molecule has 1 N–H and O–H groups in total. The van der Waals surface area contributed by atoms with Crippen molar-refractivity contribution < 1.29 is 19.4 Å². The second-order valence-corrected chi connectivity index (χ2v) is 9.51. The number of pyridine rings is 1. The number of aromatic nitrogens is 1. The number of aryl methyl sites for hydroxylation is 2. The number of carbonyl (C=O) groups is 2. The van der Waals surface area contributed by atoms with E-state index >= 15 is 0 Å². The van der Waals surface area contributed by atoms with Crippen molar-refractivity contribution >= 4 is 28.5 Å². The lowest BCUT2D eigenvalue weighted by molar-refractivity contribution is -0.141. The molecule has 7 heteroatoms. The van der Waals surface area contributed by atoms with Crippen molar-refractivity contribution in [1.29, 1.82) is 0 Å². The molecule has 3 aromatic carbocycles. The summed E-state index contributed by atoms with van der Waals surface area (Å²) in [6.07, 6.45) is 0.0774. The predicted molar refractivity (Wildman–Crippen MR) is 147 cm³/mol. The summed E-state index contributed by atoms with van der Waals surface area (Å²) in [5.74, 6) is -0.674. The number of carboxylic acid groups (broad SMARTS) is 1. The third kappa shape index (κ3) is 4.87. The van der Waals surface area contributed by atoms with Crippen molar-refractivity contribution in [2.75, 3.05) is 7.11 Å². The van der Waals surface area contributed by atoms with Gasteiger partial charge in [0.2, 0.25) is 5.91 Å². The molecule has 4 aromatic rings. The number of aliphatic carboxylic acids is 1. The number of rotatable bonds is 7. The van der Waals surface area contributed by atoms with Crippen LogP contribution in [-0.2, 0) is 9.59 Å². The zero-order chi connectivity index (χ0) is 26.8. The Morgan fingerprint density at radius 2 is 1.76 bits per heavy atom. The van der Waals surface area contributed by atoms with E-state index < -0.39 is 12.0 Å². The summed E-state index contributed by atoms with van der Waals surface area (Å²) in [5.41, 5.74) is 7.43. The predicted octanol–water partition coefficient (Wildman–Crippen LogP) is 6.07. The first-order valence-corrected chi connectivity index (χ1v) is 12.6. The Kier molecular flexibility index (Phi) is 6.92. The van der Waals surface area contributed by atoms with E-state index in [-0.39, 0.29) is 18.7 Å². The van der Waals surface area contributed by atoms with Crippen LogP contribution in [0.2, 0.25) is 0 Å². The normalized spacial score (nSPS) is 15.0. The maximum atomic E-state index is 13.3. The van der Waals surface area contributed by atoms with E-state index in [9.17, 15) is 14.7 Å². The number of hydrogen-bond acceptors (Lipinski definition) is 5. The first-order valence-electron chi connectivity index (χ1n) is 12.6. The molecule has 1 amide bonds. The fourth-order valence-electron chi connectivity index (χ4n) is 5.09. The SMILES string of the molecule is COc1cccc(C2CC(c3c(C)nc4ccc(C)cc4c3-c3ccccc3)=NN2C(=O)CCC(=O)O)c1. The molecule has 1 atom stereocenters. The average Bonchev–Trinajstić information content (AvgIpc) is 3.37. The molecule has 0 fully saturated rings. The number of benzene rings is 3. The molecule has 5 rings (SSSR count). The van der Waals surface area contributed by atoms with E-state index in [0.717, 1.165) is 50.1 Å². The largest absolute Gasteiger partial charge is 0.497 e. The van der Waals surface area contributed by atoms with E-state index in [1.807, 2.05) is 55.5 Å². The number of methoxy groups -OCH3 is 1. The van der Waals surface area contributed by atoms with E-state index in [4.69, 9.17) is 14.8 Å². The van der Waals surface area contributed by atoms with Gasteiger partial charge in [0.15, 0.2) is 0 Å². The number of fused-ring (bicyclic) bond motifs is 1. The van der Waals surface area contributed by atoms with Gasteiger partial charge in [-0.05, 0) is 49.2 Å². The van der Waals surface area contributed by atoms with Crippen LogP contribution in [-0.4, -0.2) is 39.8 Å². The molecule has 1 aliphatic heterocycles. The third-order valence-electron chi connectivity index (χ3n) is 6.87. The monoisotopic (exact) mass is 507 g/mol. The van der Waals surface area contributed by atoms with Crippen molar-refractivity contribution in [1.82, 2.24) is 9.99 Å². The molecule has 0 spiro atoms. The van der Waals surface area contributed by atoms with Gasteiger partial charge in [-0.2, -0.15) is 5.10 Å². The minimum atomic E-state index is -1.02. The van der Waals surface area contributed by atoms with Crippen molar-refractivity contribution in [2.45, 2.75) is 39.2 Å². The van der Waals surface area contributed by atoms with Crippen LogP contribution < -0.4 is 4.74 Å². The Morgan fingerprint density at radius 3 is 2.50 bits per heavy atom. The molecular formula is C31H29N3O4. The Hall–Kier alpha value is -4.52. The molecule has 7 nitrogen and oxygen atoms in total. The molecule has 0 saturated heterocycles. The summed E-state index contributed by atoms with van der Waals surface area (Å²) in [7, 11) is 1.60. The number of carbonyl (C=O) groups excluding carboxylic acids is 1. The molecule has 1 aromatic heterocycles. The number of nitrogens with zero attached hydrogens (tertiary/aromatic N) is 3. The van der Waals surface area contributed by atoms with Crippen LogP contribution in [0.3, 0.4) is 0 Å². The molecule has 1 aliphatic rings. The first kappa shape index (κ1) is 25.1. The van der Waals surface area contributed by atoms with Gasteiger partial charge in [0, 0.05) is 35.0 Å². The molecule has 2 heterocycles. The fourth-order valence-corrected chi connectivity index (χ4v) is 5.09. The highest BCUT2D eigenvalue weighted by atomic mass is 16.5. The van der Waals surface area contributed by atoms with Crippen molar-refractivity contribution in [3.8, 4) is 16.9 Å². The molecule has 1 unspecified atom stereocenters. The van der Waals surface area contributed by atoms with Crippen LogP contribution in [0.15, 0.2) is 77.9 Å². The summed E-state index contributed by atoms with van der Waals surface area (Å²) in [4.78, 5) is 29.4. The lowest BCUT2D eigenvalue weighted by atomic mass is 9.89. The van der Waals surface area contributed by atoms with Crippen molar-refractivity contribution in [2.24, 2.45) is 5.10 Å². The molecule has 192 valence electrons. The third-order valence-corrected chi connectivity index (χ3v) is 6.87. The van der Waals surface area contributed by atoms with Gasteiger partial charge in [-0.1, -0.05) is 54.1 Å². The van der Waals surface area contributed by atoms with Gasteiger partial charge in [0.05, 0.1) is 30.8 Å². The number of amides is 1. The zero-order valence-corrected chi connectivity index (χ0v) is 21.6. The standard InChI is InChI=1S/C31H29N3O4/c1-19-12-13-25-24(16-19)31(21-8-5-4-6-9-21)30(20(2)32-25)26-18-27(22-10-7-11-23(17-22)38-3)34(33-26)28(35)14-15-29(36)37/h4-13,16-17,27H,14-15,18H2,1-3H3,(H,36,37). The van der Waals surface area contributed by atoms with Crippen LogP contribution in [0.1, 0.15) is 47.7 Å². The van der Waals surface area contributed by atoms with Crippen LogP contribution in [0.25, 0.3) is 22.0 Å². The van der Waals surface area contributed by atoms with Crippen LogP contribution >= 0.6 is 0 Å². The van der Waals surface area contributed by atoms with Gasteiger partial charge in [0.1, 0.15) is 5.75 Å². The summed E-state index contributed by atoms with van der Waals surface area (Å²) in [5, 5.41) is 16.5. The Bertz CT molecular complexity index is 1560. The Labute approximate surface area is 221 Å². The number of carboxylic acids is 1. The van der Waals surface area contributed by atoms with Gasteiger partial charge >= 0.3 is 5.97 Å². The molecular weight excluding hydrogens is 478 g/mol. The minimum absolute atomic E-state index is 0.133. The van der Waals surface area contributed by atoms with Crippen LogP contribution in [0.5, 0.6) is 5.75 Å². The lowest BCUT2D eigenvalue weighted by Gasteiger charge is -2.22. The van der Waals surface area contributed by atoms with Crippen molar-refractivity contribution in [3.05, 3.63) is 95.2 Å². The summed E-state index contributed by atoms with van der Waals surface area (Å²) in [6.45, 7) is 4.03. The van der Waals surface area contributed by atoms with Crippen molar-refractivity contribution in [3.63, 3.8) is 0 Å². The van der Waals surface area contributed by atoms with Crippen LogP contribution in [0, 0.1) is 13.8 Å². The molecule has 0 radical (unpaired) electrons. The summed E-state index contributed by atoms with van der Waals surface area (Å²) < 4.78 is 5.43. The van der Waals surface area contributed by atoms with E-state index in [1.54, 1.807) is 7.11 Å². The zero-order valence-electron chi connectivity index (χ0n) is 21.6. The van der Waals surface area contributed by atoms with Gasteiger partial charge in [-0.3, -0.25) is 14.6 Å². The number of hydrogen-bond donors (Lipinski definition) is 1. The van der Waals surface area contributed by atoms with Gasteiger partial charge in [0.25, 0.3) is 0 Å². The quantitative estimate of drug-likeness (QED) is 0.328. The van der Waals surface area contributed by atoms with Crippen LogP contribution in [0.4, 0.5) is 0 Å². The lowest BCUT2D eigenvalue weighted by Crippen LogP contribution is -2.27. The molecule has 0 bridgehead atoms. The molecule has 0 aliphatic carbocycles. The summed E-state index contributed by atoms with van der Waals surface area (Å²) in [6, 6.07) is 23.6. The Morgan fingerprint density at radius 1 is 0.974 bits per heavy atom. The van der Waals surface area contributed by atoms with Gasteiger partial charge < -0.3 is 9.84 Å². The fraction of sp³-hybridized carbons (Fsp3) is 0.226. The second-order valence-electron chi connectivity index (χ2n) is 9.51. The first-order chi connectivity index (χ1) is 18.4. The Balaban J connectivity index is 1.69. The topological polar surface area (TPSA) is 92.1 Å². The molecule has 0 saturated carbocycles. The van der Waals surface area contributed by atoms with Gasteiger partial charge in [-0.25, -0.2) is 5.01 Å². The second kappa shape index (κ2) is 10.5. The van der Waals surface area contributed by atoms with Gasteiger partial charge in [-0.15, -0.1) is 0 Å². The number of ether oxygens (including phenoxy) is 1. The van der Waals surface area contributed by atoms with E-state index in [2.05, 4.69) is 31.2 Å². The number of hydrazone groups is 1. The van der Waals surface area contributed by atoms with E-state index in [0.29, 0.717) is 12.2 Å². The summed E-state index contributed by atoms with van der Waals surface area (Å²) >= 11 is 0. The van der Waals surface area contributed by atoms with E-state index in [1.165, 1.54) is 5.01 Å². The maximum absolute atomic E-state index is 13.3. The highest BCUT2D eigenvalue weighted by Crippen LogP contribution is 2.40. The smallest absolute Gasteiger partial charge is 0.303 e. The highest BCUT2D eigenvalue weighted by molar-refractivity contribution is 6.14.